The van der Waals surface area contributed by atoms with Gasteiger partial charge in [-0.05, 0) is 79.8 Å². The summed E-state index contributed by atoms with van der Waals surface area (Å²) in [6.07, 6.45) is 2.08. The van der Waals surface area contributed by atoms with Crippen LogP contribution >= 0.6 is 35.7 Å². The maximum atomic E-state index is 5.33. The molecule has 0 aliphatic carbocycles. The van der Waals surface area contributed by atoms with Crippen molar-refractivity contribution in [2.75, 3.05) is 38.5 Å². The van der Waals surface area contributed by atoms with Gasteiger partial charge in [-0.2, -0.15) is 0 Å². The van der Waals surface area contributed by atoms with Crippen molar-refractivity contribution in [3.05, 3.63) is 83.9 Å². The molecule has 0 amide bonds. The zero-order valence-corrected chi connectivity index (χ0v) is 24.4. The first kappa shape index (κ1) is 28.8. The number of benzene rings is 3. The molecule has 0 saturated heterocycles. The number of anilines is 1. The summed E-state index contributed by atoms with van der Waals surface area (Å²) in [6, 6.07) is 24.9. The molecular formula is C28H36IN3O2S. The number of hydrogen-bond acceptors (Lipinski definition) is 5. The molecule has 0 fully saturated rings. The first-order valence-corrected chi connectivity index (χ1v) is 12.8. The van der Waals surface area contributed by atoms with Crippen LogP contribution in [0.5, 0.6) is 11.5 Å². The predicted octanol–water partition coefficient (Wildman–Crippen LogP) is 7.22. The summed E-state index contributed by atoms with van der Waals surface area (Å²) in [7, 11) is 3.38. The Bertz CT molecular complexity index is 988. The number of halogens is 1. The molecule has 3 aromatic carbocycles. The Morgan fingerprint density at radius 3 is 1.57 bits per heavy atom. The molecule has 0 spiro atoms. The fourth-order valence-electron chi connectivity index (χ4n) is 3.78. The predicted molar refractivity (Wildman–Crippen MR) is 161 cm³/mol. The smallest absolute Gasteiger partial charge is 0.164 e. The van der Waals surface area contributed by atoms with E-state index in [1.807, 2.05) is 24.3 Å². The summed E-state index contributed by atoms with van der Waals surface area (Å²) in [5.74, 6) is 1.72. The lowest BCUT2D eigenvalue weighted by Gasteiger charge is -2.26. The molecule has 5 nitrogen and oxygen atoms in total. The summed E-state index contributed by atoms with van der Waals surface area (Å²) in [6.45, 7) is 7.83. The molecule has 0 aliphatic heterocycles. The summed E-state index contributed by atoms with van der Waals surface area (Å²) in [5, 5.41) is 0.974. The zero-order valence-electron chi connectivity index (χ0n) is 21.2. The highest BCUT2D eigenvalue weighted by molar-refractivity contribution is 14.0. The molecular weight excluding hydrogens is 569 g/mol. The van der Waals surface area contributed by atoms with Gasteiger partial charge in [0.1, 0.15) is 11.5 Å². The zero-order chi connectivity index (χ0) is 24.3. The van der Waals surface area contributed by atoms with Crippen LogP contribution in [0.2, 0.25) is 0 Å². The molecule has 0 N–H and O–H groups in total. The van der Waals surface area contributed by atoms with E-state index in [1.165, 1.54) is 16.8 Å². The Kier molecular flexibility index (Phi) is 12.3. The quantitative estimate of drug-likeness (QED) is 0.139. The van der Waals surface area contributed by atoms with E-state index in [-0.39, 0.29) is 24.0 Å². The van der Waals surface area contributed by atoms with E-state index in [9.17, 15) is 0 Å². The SMILES string of the molecule is CCN(CC)c1ccc(N=C(SC)N(Cc2ccc(OC)cc2)Cc2ccc(OC)cc2)cc1.I. The van der Waals surface area contributed by atoms with Crippen molar-refractivity contribution in [3.63, 3.8) is 0 Å². The average molecular weight is 606 g/mol. The molecule has 3 rings (SSSR count). The molecule has 0 bridgehead atoms. The minimum absolute atomic E-state index is 0. The van der Waals surface area contributed by atoms with E-state index in [0.29, 0.717) is 0 Å². The van der Waals surface area contributed by atoms with Crippen LogP contribution in [0.25, 0.3) is 0 Å². The first-order valence-electron chi connectivity index (χ1n) is 11.6. The van der Waals surface area contributed by atoms with Crippen LogP contribution in [-0.4, -0.2) is 43.6 Å². The van der Waals surface area contributed by atoms with Gasteiger partial charge < -0.3 is 19.3 Å². The molecule has 0 heterocycles. The lowest BCUT2D eigenvalue weighted by atomic mass is 10.1. The van der Waals surface area contributed by atoms with Gasteiger partial charge in [0.15, 0.2) is 5.17 Å². The minimum Gasteiger partial charge on any atom is -0.497 e. The van der Waals surface area contributed by atoms with Crippen molar-refractivity contribution < 1.29 is 9.47 Å². The summed E-state index contributed by atoms with van der Waals surface area (Å²) in [5.41, 5.74) is 4.58. The van der Waals surface area contributed by atoms with E-state index in [1.54, 1.807) is 26.0 Å². The van der Waals surface area contributed by atoms with Gasteiger partial charge in [-0.1, -0.05) is 36.0 Å². The van der Waals surface area contributed by atoms with Crippen LogP contribution in [0.4, 0.5) is 11.4 Å². The molecule has 7 heteroatoms. The van der Waals surface area contributed by atoms with Gasteiger partial charge in [-0.3, -0.25) is 0 Å². The summed E-state index contributed by atoms with van der Waals surface area (Å²) >= 11 is 1.66. The van der Waals surface area contributed by atoms with Crippen LogP contribution in [0.3, 0.4) is 0 Å². The van der Waals surface area contributed by atoms with Crippen LogP contribution < -0.4 is 14.4 Å². The second-order valence-corrected chi connectivity index (χ2v) is 8.61. The van der Waals surface area contributed by atoms with Crippen LogP contribution in [0, 0.1) is 0 Å². The number of ether oxygens (including phenoxy) is 2. The second kappa shape index (κ2) is 14.9. The maximum Gasteiger partial charge on any atom is 0.164 e. The highest BCUT2D eigenvalue weighted by Gasteiger charge is 2.14. The van der Waals surface area contributed by atoms with Gasteiger partial charge in [0.25, 0.3) is 0 Å². The van der Waals surface area contributed by atoms with Gasteiger partial charge in [0.05, 0.1) is 19.9 Å². The largest absolute Gasteiger partial charge is 0.497 e. The Labute approximate surface area is 231 Å². The Hall–Kier alpha value is -2.39. The van der Waals surface area contributed by atoms with E-state index in [0.717, 1.165) is 48.5 Å². The molecule has 3 aromatic rings. The van der Waals surface area contributed by atoms with E-state index in [2.05, 4.69) is 78.4 Å². The number of rotatable bonds is 10. The van der Waals surface area contributed by atoms with Gasteiger partial charge >= 0.3 is 0 Å². The van der Waals surface area contributed by atoms with E-state index < -0.39 is 0 Å². The van der Waals surface area contributed by atoms with Gasteiger partial charge in [0, 0.05) is 31.9 Å². The van der Waals surface area contributed by atoms with Gasteiger partial charge in [-0.15, -0.1) is 24.0 Å². The van der Waals surface area contributed by atoms with Crippen LogP contribution in [0.15, 0.2) is 77.8 Å². The van der Waals surface area contributed by atoms with Gasteiger partial charge in [0.2, 0.25) is 0 Å². The van der Waals surface area contributed by atoms with Crippen molar-refractivity contribution in [2.24, 2.45) is 4.99 Å². The van der Waals surface area contributed by atoms with E-state index in [4.69, 9.17) is 14.5 Å². The lowest BCUT2D eigenvalue weighted by Crippen LogP contribution is -2.27. The third-order valence-electron chi connectivity index (χ3n) is 5.72. The number of methoxy groups -OCH3 is 2. The minimum atomic E-state index is 0. The number of thioether (sulfide) groups is 1. The maximum absolute atomic E-state index is 5.33. The Morgan fingerprint density at radius 1 is 0.743 bits per heavy atom. The lowest BCUT2D eigenvalue weighted by molar-refractivity contribution is 0.405. The second-order valence-electron chi connectivity index (χ2n) is 7.84. The first-order chi connectivity index (χ1) is 16.6. The number of hydrogen-bond donors (Lipinski definition) is 0. The number of amidine groups is 1. The fourth-order valence-corrected chi connectivity index (χ4v) is 4.36. The third kappa shape index (κ3) is 8.35. The van der Waals surface area contributed by atoms with Crippen LogP contribution in [0.1, 0.15) is 25.0 Å². The standard InChI is InChI=1S/C28H35N3O2S.HI/c1-6-30(7-2)25-14-12-24(13-15-25)29-28(34-5)31(20-22-8-16-26(32-3)17-9-22)21-23-10-18-27(33-4)19-11-23;/h8-19H,6-7,20-21H2,1-5H3;1H. The van der Waals surface area contributed by atoms with Crippen molar-refractivity contribution in [2.45, 2.75) is 26.9 Å². The summed E-state index contributed by atoms with van der Waals surface area (Å²) < 4.78 is 10.7. The van der Waals surface area contributed by atoms with Gasteiger partial charge in [-0.25, -0.2) is 4.99 Å². The van der Waals surface area contributed by atoms with Crippen molar-refractivity contribution in [1.82, 2.24) is 4.90 Å². The van der Waals surface area contributed by atoms with Crippen molar-refractivity contribution in [3.8, 4) is 11.5 Å². The van der Waals surface area contributed by atoms with Crippen molar-refractivity contribution >= 4 is 52.3 Å². The molecule has 0 atom stereocenters. The fraction of sp³-hybridized carbons (Fsp3) is 0.321. The molecule has 0 radical (unpaired) electrons. The topological polar surface area (TPSA) is 37.3 Å². The third-order valence-corrected chi connectivity index (χ3v) is 6.44. The normalized spacial score (nSPS) is 10.9. The molecule has 0 aromatic heterocycles. The average Bonchev–Trinajstić information content (AvgIpc) is 2.89. The number of aliphatic imine (C=N–C) groups is 1. The van der Waals surface area contributed by atoms with Crippen molar-refractivity contribution in [1.29, 1.82) is 0 Å². The molecule has 188 valence electrons. The molecule has 35 heavy (non-hydrogen) atoms. The highest BCUT2D eigenvalue weighted by atomic mass is 127. The molecule has 0 unspecified atom stereocenters. The molecule has 0 aliphatic rings. The summed E-state index contributed by atoms with van der Waals surface area (Å²) in [4.78, 5) is 9.67. The highest BCUT2D eigenvalue weighted by Crippen LogP contribution is 2.24. The Morgan fingerprint density at radius 2 is 1.20 bits per heavy atom. The molecule has 0 saturated carbocycles. The monoisotopic (exact) mass is 605 g/mol. The van der Waals surface area contributed by atoms with Crippen LogP contribution in [-0.2, 0) is 13.1 Å². The Balaban J connectivity index is 0.00000432. The van der Waals surface area contributed by atoms with E-state index >= 15 is 0 Å². The number of nitrogens with zero attached hydrogens (tertiary/aromatic N) is 3.